The molecule has 3 N–H and O–H groups in total. The standard InChI is InChI=1S/C14H19F2NO4/c1-14(2,3)21-13(20)17-7-10(18)12(19)8-5-4-6-9(15)11(8)16/h4-6,10,12,18-19H,7H2,1-3H3,(H,17,20). The second-order valence-electron chi connectivity index (χ2n) is 5.54. The van der Waals surface area contributed by atoms with E-state index < -0.39 is 35.5 Å². The maximum Gasteiger partial charge on any atom is 0.407 e. The Morgan fingerprint density at radius 1 is 1.33 bits per heavy atom. The van der Waals surface area contributed by atoms with Gasteiger partial charge in [0.15, 0.2) is 11.6 Å². The summed E-state index contributed by atoms with van der Waals surface area (Å²) in [6.07, 6.45) is -3.96. The number of alkyl carbamates (subject to hydrolysis) is 1. The Labute approximate surface area is 121 Å². The van der Waals surface area contributed by atoms with E-state index >= 15 is 0 Å². The maximum absolute atomic E-state index is 13.5. The number of ether oxygens (including phenoxy) is 1. The molecule has 1 rings (SSSR count). The highest BCUT2D eigenvalue weighted by atomic mass is 19.2. The molecule has 118 valence electrons. The molecule has 1 aromatic rings. The van der Waals surface area contributed by atoms with Gasteiger partial charge in [-0.15, -0.1) is 0 Å². The molecule has 21 heavy (non-hydrogen) atoms. The summed E-state index contributed by atoms with van der Waals surface area (Å²) < 4.78 is 31.5. The van der Waals surface area contributed by atoms with E-state index in [2.05, 4.69) is 5.32 Å². The van der Waals surface area contributed by atoms with Crippen LogP contribution in [0.5, 0.6) is 0 Å². The number of rotatable bonds is 4. The van der Waals surface area contributed by atoms with Crippen LogP contribution in [0.3, 0.4) is 0 Å². The second-order valence-corrected chi connectivity index (χ2v) is 5.54. The summed E-state index contributed by atoms with van der Waals surface area (Å²) in [5, 5.41) is 21.8. The number of hydrogen-bond acceptors (Lipinski definition) is 4. The first-order chi connectivity index (χ1) is 9.61. The van der Waals surface area contributed by atoms with Crippen molar-refractivity contribution in [3.8, 4) is 0 Å². The Hall–Kier alpha value is -1.73. The van der Waals surface area contributed by atoms with Crippen molar-refractivity contribution in [2.45, 2.75) is 38.6 Å². The SMILES string of the molecule is CC(C)(C)OC(=O)NCC(O)C(O)c1cccc(F)c1F. The van der Waals surface area contributed by atoms with E-state index in [4.69, 9.17) is 4.74 Å². The zero-order chi connectivity index (χ0) is 16.2. The van der Waals surface area contributed by atoms with Gasteiger partial charge in [-0.05, 0) is 26.8 Å². The van der Waals surface area contributed by atoms with Crippen molar-refractivity contribution >= 4 is 6.09 Å². The number of carbonyl (C=O) groups is 1. The maximum atomic E-state index is 13.5. The van der Waals surface area contributed by atoms with Crippen molar-refractivity contribution in [1.29, 1.82) is 0 Å². The normalized spacial score (nSPS) is 14.4. The van der Waals surface area contributed by atoms with Crippen LogP contribution in [-0.2, 0) is 4.74 Å². The molecule has 0 aliphatic heterocycles. The number of halogens is 2. The molecule has 0 radical (unpaired) electrons. The number of amides is 1. The van der Waals surface area contributed by atoms with E-state index in [0.29, 0.717) is 0 Å². The van der Waals surface area contributed by atoms with E-state index in [9.17, 15) is 23.8 Å². The minimum absolute atomic E-state index is 0.369. The van der Waals surface area contributed by atoms with Gasteiger partial charge in [0.05, 0.1) is 0 Å². The van der Waals surface area contributed by atoms with Gasteiger partial charge in [0.1, 0.15) is 17.8 Å². The molecule has 0 saturated heterocycles. The molecule has 1 aromatic carbocycles. The summed E-state index contributed by atoms with van der Waals surface area (Å²) in [4.78, 5) is 11.4. The van der Waals surface area contributed by atoms with Gasteiger partial charge in [0, 0.05) is 12.1 Å². The van der Waals surface area contributed by atoms with Crippen LogP contribution in [0.25, 0.3) is 0 Å². The minimum Gasteiger partial charge on any atom is -0.444 e. The van der Waals surface area contributed by atoms with Gasteiger partial charge >= 0.3 is 6.09 Å². The monoisotopic (exact) mass is 303 g/mol. The van der Waals surface area contributed by atoms with Crippen LogP contribution in [0.15, 0.2) is 18.2 Å². The summed E-state index contributed by atoms with van der Waals surface area (Å²) in [5.74, 6) is -2.36. The molecule has 1 amide bonds. The molecule has 2 atom stereocenters. The summed E-state index contributed by atoms with van der Waals surface area (Å²) in [5.41, 5.74) is -1.09. The number of benzene rings is 1. The third kappa shape index (κ3) is 5.28. The number of carbonyl (C=O) groups excluding carboxylic acids is 1. The molecule has 2 unspecified atom stereocenters. The van der Waals surface area contributed by atoms with Gasteiger partial charge in [-0.2, -0.15) is 0 Å². The number of aliphatic hydroxyl groups is 2. The van der Waals surface area contributed by atoms with E-state index in [1.807, 2.05) is 0 Å². The topological polar surface area (TPSA) is 78.8 Å². The van der Waals surface area contributed by atoms with E-state index in [1.54, 1.807) is 20.8 Å². The van der Waals surface area contributed by atoms with Gasteiger partial charge in [-0.3, -0.25) is 0 Å². The van der Waals surface area contributed by atoms with Crippen LogP contribution in [0, 0.1) is 11.6 Å². The lowest BCUT2D eigenvalue weighted by molar-refractivity contribution is 0.0110. The smallest absolute Gasteiger partial charge is 0.407 e. The van der Waals surface area contributed by atoms with Gasteiger partial charge in [-0.1, -0.05) is 12.1 Å². The molecule has 0 aliphatic rings. The Balaban J connectivity index is 2.61. The van der Waals surface area contributed by atoms with Crippen LogP contribution in [0.1, 0.15) is 32.4 Å². The Bertz CT molecular complexity index is 502. The van der Waals surface area contributed by atoms with E-state index in [1.165, 1.54) is 6.07 Å². The van der Waals surface area contributed by atoms with E-state index in [0.717, 1.165) is 12.1 Å². The Kier molecular flexibility index (Phi) is 5.62. The van der Waals surface area contributed by atoms with Crippen LogP contribution in [0.4, 0.5) is 13.6 Å². The first-order valence-corrected chi connectivity index (χ1v) is 6.38. The molecular formula is C14H19F2NO4. The molecule has 0 saturated carbocycles. The van der Waals surface area contributed by atoms with Crippen molar-refractivity contribution in [2.75, 3.05) is 6.54 Å². The predicted octanol–water partition coefficient (Wildman–Crippen LogP) is 1.88. The number of hydrogen-bond donors (Lipinski definition) is 3. The highest BCUT2D eigenvalue weighted by Crippen LogP contribution is 2.21. The van der Waals surface area contributed by atoms with Crippen LogP contribution < -0.4 is 5.32 Å². The molecule has 5 nitrogen and oxygen atoms in total. The second kappa shape index (κ2) is 6.82. The van der Waals surface area contributed by atoms with Crippen molar-refractivity contribution in [3.63, 3.8) is 0 Å². The Morgan fingerprint density at radius 2 is 1.95 bits per heavy atom. The van der Waals surface area contributed by atoms with Crippen LogP contribution in [-0.4, -0.2) is 34.6 Å². The van der Waals surface area contributed by atoms with Crippen LogP contribution >= 0.6 is 0 Å². The zero-order valence-electron chi connectivity index (χ0n) is 12.1. The molecule has 0 aromatic heterocycles. The van der Waals surface area contributed by atoms with Crippen molar-refractivity contribution in [1.82, 2.24) is 5.32 Å². The Morgan fingerprint density at radius 3 is 2.52 bits per heavy atom. The summed E-state index contributed by atoms with van der Waals surface area (Å²) in [7, 11) is 0. The fourth-order valence-electron chi connectivity index (χ4n) is 1.57. The zero-order valence-corrected chi connectivity index (χ0v) is 12.1. The fraction of sp³-hybridized carbons (Fsp3) is 0.500. The summed E-state index contributed by atoms with van der Waals surface area (Å²) in [6.45, 7) is 4.63. The third-order valence-corrected chi connectivity index (χ3v) is 2.52. The predicted molar refractivity (Wildman–Crippen MR) is 71.6 cm³/mol. The lowest BCUT2D eigenvalue weighted by Crippen LogP contribution is -2.39. The highest BCUT2D eigenvalue weighted by Gasteiger charge is 2.24. The molecule has 0 bridgehead atoms. The number of aliphatic hydroxyl groups excluding tert-OH is 2. The highest BCUT2D eigenvalue weighted by molar-refractivity contribution is 5.67. The quantitative estimate of drug-likeness (QED) is 0.793. The van der Waals surface area contributed by atoms with Crippen molar-refractivity contribution < 1.29 is 28.5 Å². The molecule has 0 fully saturated rings. The molecule has 0 aliphatic carbocycles. The average molecular weight is 303 g/mol. The fourth-order valence-corrected chi connectivity index (χ4v) is 1.57. The lowest BCUT2D eigenvalue weighted by atomic mass is 10.0. The largest absolute Gasteiger partial charge is 0.444 e. The first-order valence-electron chi connectivity index (χ1n) is 6.38. The molecule has 0 heterocycles. The molecule has 7 heteroatoms. The third-order valence-electron chi connectivity index (χ3n) is 2.52. The van der Waals surface area contributed by atoms with E-state index in [-0.39, 0.29) is 12.1 Å². The minimum atomic E-state index is -1.67. The van der Waals surface area contributed by atoms with Gasteiger partial charge in [0.25, 0.3) is 0 Å². The van der Waals surface area contributed by atoms with Crippen molar-refractivity contribution in [3.05, 3.63) is 35.4 Å². The van der Waals surface area contributed by atoms with Gasteiger partial charge < -0.3 is 20.3 Å². The summed E-state index contributed by atoms with van der Waals surface area (Å²) >= 11 is 0. The van der Waals surface area contributed by atoms with Crippen molar-refractivity contribution in [2.24, 2.45) is 0 Å². The molecular weight excluding hydrogens is 284 g/mol. The van der Waals surface area contributed by atoms with Gasteiger partial charge in [0.2, 0.25) is 0 Å². The molecule has 0 spiro atoms. The lowest BCUT2D eigenvalue weighted by Gasteiger charge is -2.22. The summed E-state index contributed by atoms with van der Waals surface area (Å²) in [6, 6.07) is 3.27. The van der Waals surface area contributed by atoms with Crippen LogP contribution in [0.2, 0.25) is 0 Å². The first kappa shape index (κ1) is 17.3. The average Bonchev–Trinajstić information content (AvgIpc) is 2.36. The van der Waals surface area contributed by atoms with Gasteiger partial charge in [-0.25, -0.2) is 13.6 Å². The number of nitrogens with one attached hydrogen (secondary N) is 1.